The highest BCUT2D eigenvalue weighted by Crippen LogP contribution is 2.34. The molecule has 2 aromatic heterocycles. The standard InChI is InChI=1S/C12H14ClN3S/c1-6-3-8(4-6)14-10-9-5-7(2)17-11(9)16-12(13)15-10/h5-6,8H,3-4H2,1-2H3,(H,14,15,16). The Morgan fingerprint density at radius 2 is 2.18 bits per heavy atom. The summed E-state index contributed by atoms with van der Waals surface area (Å²) in [5.41, 5.74) is 0. The molecule has 0 aliphatic heterocycles. The smallest absolute Gasteiger partial charge is 0.225 e. The molecule has 2 aromatic rings. The molecule has 0 bridgehead atoms. The molecule has 1 aliphatic carbocycles. The van der Waals surface area contributed by atoms with Crippen LogP contribution in [-0.4, -0.2) is 16.0 Å². The highest BCUT2D eigenvalue weighted by molar-refractivity contribution is 7.18. The van der Waals surface area contributed by atoms with E-state index in [4.69, 9.17) is 11.6 Å². The maximum atomic E-state index is 5.95. The van der Waals surface area contributed by atoms with E-state index in [1.54, 1.807) is 11.3 Å². The van der Waals surface area contributed by atoms with Gasteiger partial charge in [0.05, 0.1) is 5.39 Å². The Kier molecular flexibility index (Phi) is 2.71. The molecule has 0 spiro atoms. The first-order valence-electron chi connectivity index (χ1n) is 5.82. The quantitative estimate of drug-likeness (QED) is 0.840. The zero-order chi connectivity index (χ0) is 12.0. The van der Waals surface area contributed by atoms with Crippen molar-refractivity contribution in [2.24, 2.45) is 5.92 Å². The molecular weight excluding hydrogens is 254 g/mol. The number of fused-ring (bicyclic) bond motifs is 1. The van der Waals surface area contributed by atoms with Crippen LogP contribution in [0.15, 0.2) is 6.07 Å². The number of halogens is 1. The molecule has 0 aromatic carbocycles. The van der Waals surface area contributed by atoms with Crippen LogP contribution in [0.25, 0.3) is 10.2 Å². The van der Waals surface area contributed by atoms with Gasteiger partial charge in [-0.3, -0.25) is 0 Å². The predicted molar refractivity (Wildman–Crippen MR) is 73.0 cm³/mol. The molecule has 3 nitrogen and oxygen atoms in total. The SMILES string of the molecule is Cc1cc2c(NC3CC(C)C3)nc(Cl)nc2s1. The van der Waals surface area contributed by atoms with Crippen molar-refractivity contribution in [1.82, 2.24) is 9.97 Å². The van der Waals surface area contributed by atoms with Gasteiger partial charge in [-0.2, -0.15) is 0 Å². The monoisotopic (exact) mass is 267 g/mol. The third-order valence-electron chi connectivity index (χ3n) is 3.20. The molecule has 0 saturated heterocycles. The van der Waals surface area contributed by atoms with Gasteiger partial charge in [0, 0.05) is 10.9 Å². The topological polar surface area (TPSA) is 37.8 Å². The van der Waals surface area contributed by atoms with E-state index in [-0.39, 0.29) is 0 Å². The van der Waals surface area contributed by atoms with Crippen molar-refractivity contribution in [3.8, 4) is 0 Å². The maximum Gasteiger partial charge on any atom is 0.225 e. The Labute approximate surface area is 109 Å². The van der Waals surface area contributed by atoms with Crippen LogP contribution in [0.3, 0.4) is 0 Å². The second kappa shape index (κ2) is 4.10. The molecule has 1 N–H and O–H groups in total. The van der Waals surface area contributed by atoms with Crippen LogP contribution in [0.1, 0.15) is 24.6 Å². The second-order valence-corrected chi connectivity index (χ2v) is 6.41. The minimum atomic E-state index is 0.328. The summed E-state index contributed by atoms with van der Waals surface area (Å²) >= 11 is 7.61. The largest absolute Gasteiger partial charge is 0.367 e. The summed E-state index contributed by atoms with van der Waals surface area (Å²) in [4.78, 5) is 10.8. The van der Waals surface area contributed by atoms with Gasteiger partial charge in [0.25, 0.3) is 0 Å². The number of hydrogen-bond donors (Lipinski definition) is 1. The average molecular weight is 268 g/mol. The first-order chi connectivity index (χ1) is 8.11. The van der Waals surface area contributed by atoms with Gasteiger partial charge in [0.15, 0.2) is 0 Å². The molecule has 2 heterocycles. The summed E-state index contributed by atoms with van der Waals surface area (Å²) in [5, 5.41) is 4.90. The summed E-state index contributed by atoms with van der Waals surface area (Å²) in [7, 11) is 0. The summed E-state index contributed by atoms with van der Waals surface area (Å²) in [5.74, 6) is 1.71. The first kappa shape index (κ1) is 11.2. The fourth-order valence-corrected chi connectivity index (χ4v) is 3.44. The number of aryl methyl sites for hydroxylation is 1. The molecular formula is C12H14ClN3S. The van der Waals surface area contributed by atoms with E-state index in [2.05, 4.69) is 35.2 Å². The van der Waals surface area contributed by atoms with E-state index in [1.807, 2.05) is 0 Å². The molecule has 3 rings (SSSR count). The molecule has 0 atom stereocenters. The van der Waals surface area contributed by atoms with Gasteiger partial charge in [-0.15, -0.1) is 11.3 Å². The lowest BCUT2D eigenvalue weighted by Crippen LogP contribution is -2.34. The summed E-state index contributed by atoms with van der Waals surface area (Å²) in [6.45, 7) is 4.35. The van der Waals surface area contributed by atoms with Gasteiger partial charge in [-0.25, -0.2) is 9.97 Å². The van der Waals surface area contributed by atoms with E-state index in [9.17, 15) is 0 Å². The molecule has 0 radical (unpaired) electrons. The Morgan fingerprint density at radius 1 is 1.41 bits per heavy atom. The molecule has 0 amide bonds. The lowest BCUT2D eigenvalue weighted by Gasteiger charge is -2.33. The van der Waals surface area contributed by atoms with Gasteiger partial charge in [0.2, 0.25) is 5.28 Å². The molecule has 90 valence electrons. The minimum Gasteiger partial charge on any atom is -0.367 e. The van der Waals surface area contributed by atoms with Crippen molar-refractivity contribution in [2.75, 3.05) is 5.32 Å². The molecule has 17 heavy (non-hydrogen) atoms. The average Bonchev–Trinajstić information content (AvgIpc) is 2.56. The molecule has 1 fully saturated rings. The summed E-state index contributed by atoms with van der Waals surface area (Å²) < 4.78 is 0. The Hall–Kier alpha value is -0.870. The zero-order valence-electron chi connectivity index (χ0n) is 9.83. The minimum absolute atomic E-state index is 0.328. The van der Waals surface area contributed by atoms with Gasteiger partial charge >= 0.3 is 0 Å². The second-order valence-electron chi connectivity index (χ2n) is 4.83. The number of thiophene rings is 1. The highest BCUT2D eigenvalue weighted by Gasteiger charge is 2.26. The van der Waals surface area contributed by atoms with Gasteiger partial charge in [-0.05, 0) is 43.4 Å². The van der Waals surface area contributed by atoms with E-state index in [1.165, 1.54) is 17.7 Å². The maximum absolute atomic E-state index is 5.95. The third kappa shape index (κ3) is 2.11. The first-order valence-corrected chi connectivity index (χ1v) is 7.01. The number of nitrogens with one attached hydrogen (secondary N) is 1. The number of hydrogen-bond acceptors (Lipinski definition) is 4. The molecule has 1 aliphatic rings. The molecule has 5 heteroatoms. The number of rotatable bonds is 2. The van der Waals surface area contributed by atoms with Crippen LogP contribution >= 0.6 is 22.9 Å². The normalized spacial score (nSPS) is 23.7. The fraction of sp³-hybridized carbons (Fsp3) is 0.500. The van der Waals surface area contributed by atoms with Crippen LogP contribution in [-0.2, 0) is 0 Å². The van der Waals surface area contributed by atoms with Crippen molar-refractivity contribution in [2.45, 2.75) is 32.7 Å². The van der Waals surface area contributed by atoms with Gasteiger partial charge in [0.1, 0.15) is 10.6 Å². The van der Waals surface area contributed by atoms with E-state index >= 15 is 0 Å². The number of anilines is 1. The van der Waals surface area contributed by atoms with Crippen molar-refractivity contribution in [1.29, 1.82) is 0 Å². The molecule has 0 unspecified atom stereocenters. The van der Waals surface area contributed by atoms with Crippen LogP contribution < -0.4 is 5.32 Å². The van der Waals surface area contributed by atoms with Crippen molar-refractivity contribution >= 4 is 39.0 Å². The van der Waals surface area contributed by atoms with Crippen LogP contribution in [0.2, 0.25) is 5.28 Å². The van der Waals surface area contributed by atoms with Crippen molar-refractivity contribution in [3.05, 3.63) is 16.2 Å². The number of nitrogens with zero attached hydrogens (tertiary/aromatic N) is 2. The Bertz CT molecular complexity index is 560. The van der Waals surface area contributed by atoms with Gasteiger partial charge in [-0.1, -0.05) is 6.92 Å². The van der Waals surface area contributed by atoms with Crippen LogP contribution in [0, 0.1) is 12.8 Å². The highest BCUT2D eigenvalue weighted by atomic mass is 35.5. The molecule has 1 saturated carbocycles. The lowest BCUT2D eigenvalue weighted by molar-refractivity contribution is 0.309. The van der Waals surface area contributed by atoms with E-state index in [0.717, 1.165) is 22.0 Å². The van der Waals surface area contributed by atoms with Gasteiger partial charge < -0.3 is 5.32 Å². The fourth-order valence-electron chi connectivity index (χ4n) is 2.34. The predicted octanol–water partition coefficient (Wildman–Crippen LogP) is 3.86. The lowest BCUT2D eigenvalue weighted by atomic mass is 9.82. The van der Waals surface area contributed by atoms with Crippen LogP contribution in [0.4, 0.5) is 5.82 Å². The van der Waals surface area contributed by atoms with E-state index in [0.29, 0.717) is 11.3 Å². The number of aromatic nitrogens is 2. The Balaban J connectivity index is 1.96. The Morgan fingerprint density at radius 3 is 2.88 bits per heavy atom. The van der Waals surface area contributed by atoms with Crippen LogP contribution in [0.5, 0.6) is 0 Å². The van der Waals surface area contributed by atoms with Crippen molar-refractivity contribution in [3.63, 3.8) is 0 Å². The zero-order valence-corrected chi connectivity index (χ0v) is 11.4. The summed E-state index contributed by atoms with van der Waals surface area (Å²) in [6, 6.07) is 2.67. The summed E-state index contributed by atoms with van der Waals surface area (Å²) in [6.07, 6.45) is 2.43. The third-order valence-corrected chi connectivity index (χ3v) is 4.32. The van der Waals surface area contributed by atoms with Crippen molar-refractivity contribution < 1.29 is 0 Å². The van der Waals surface area contributed by atoms with E-state index < -0.39 is 0 Å².